The Kier molecular flexibility index (Phi) is 3.80. The van der Waals surface area contributed by atoms with E-state index in [1.807, 2.05) is 0 Å². The smallest absolute Gasteiger partial charge is 0.398 e. The largest absolute Gasteiger partial charge is 0.416 e. The monoisotopic (exact) mass is 270 g/mol. The number of amides is 1. The van der Waals surface area contributed by atoms with Gasteiger partial charge in [0, 0.05) is 5.69 Å². The molecule has 0 aromatic heterocycles. The normalized spacial score (nSPS) is 11.8. The molecule has 102 valence electrons. The second-order valence-corrected chi connectivity index (χ2v) is 4.52. The maximum atomic E-state index is 12.6. The molecule has 0 saturated carbocycles. The first-order valence-electron chi connectivity index (χ1n) is 5.34. The Bertz CT molecular complexity index is 542. The first-order chi connectivity index (χ1) is 8.57. The number of hydrogen-bond donors (Lipinski definition) is 2. The Balaban J connectivity index is 3.14. The van der Waals surface area contributed by atoms with E-state index in [0.29, 0.717) is 6.07 Å². The van der Waals surface area contributed by atoms with Crippen molar-refractivity contribution in [3.63, 3.8) is 0 Å². The highest BCUT2D eigenvalue weighted by Gasteiger charge is 2.32. The first kappa shape index (κ1) is 14.9. The van der Waals surface area contributed by atoms with E-state index in [1.165, 1.54) is 0 Å². The highest BCUT2D eigenvalue weighted by molar-refractivity contribution is 5.99. The molecule has 3 nitrogen and oxygen atoms in total. The van der Waals surface area contributed by atoms with Crippen LogP contribution in [-0.2, 0) is 6.18 Å². The molecular formula is C13H13F3N2O. The van der Waals surface area contributed by atoms with Gasteiger partial charge in [0.15, 0.2) is 0 Å². The van der Waals surface area contributed by atoms with Gasteiger partial charge in [-0.1, -0.05) is 5.92 Å². The zero-order chi connectivity index (χ0) is 14.8. The minimum Gasteiger partial charge on any atom is -0.398 e. The minimum atomic E-state index is -4.54. The van der Waals surface area contributed by atoms with Crippen molar-refractivity contribution in [1.29, 1.82) is 0 Å². The maximum Gasteiger partial charge on any atom is 0.416 e. The Morgan fingerprint density at radius 1 is 1.37 bits per heavy atom. The van der Waals surface area contributed by atoms with Gasteiger partial charge in [0.1, 0.15) is 0 Å². The molecule has 0 radical (unpaired) electrons. The second-order valence-electron chi connectivity index (χ2n) is 4.52. The highest BCUT2D eigenvalue weighted by Crippen LogP contribution is 2.31. The highest BCUT2D eigenvalue weighted by atomic mass is 19.4. The number of nitrogen functional groups attached to an aromatic ring is 1. The standard InChI is InChI=1S/C13H13F3N2O/c1-4-12(2,3)18-11(19)9-7-8(13(14,15)16)5-6-10(9)17/h1,5-7H,17H2,2-3H3,(H,18,19). The van der Waals surface area contributed by atoms with Crippen LogP contribution in [0.5, 0.6) is 0 Å². The van der Waals surface area contributed by atoms with Crippen molar-refractivity contribution < 1.29 is 18.0 Å². The molecule has 0 atom stereocenters. The van der Waals surface area contributed by atoms with Gasteiger partial charge in [-0.15, -0.1) is 6.42 Å². The fraction of sp³-hybridized carbons (Fsp3) is 0.308. The average molecular weight is 270 g/mol. The Hall–Kier alpha value is -2.16. The fourth-order valence-electron chi connectivity index (χ4n) is 1.32. The molecule has 1 aromatic rings. The molecule has 0 aliphatic heterocycles. The zero-order valence-corrected chi connectivity index (χ0v) is 10.4. The number of hydrogen-bond acceptors (Lipinski definition) is 2. The van der Waals surface area contributed by atoms with Gasteiger partial charge in [-0.25, -0.2) is 0 Å². The SMILES string of the molecule is C#CC(C)(C)NC(=O)c1cc(C(F)(F)F)ccc1N. The van der Waals surface area contributed by atoms with Crippen LogP contribution in [0, 0.1) is 12.3 Å². The summed E-state index contributed by atoms with van der Waals surface area (Å²) in [6.45, 7) is 3.10. The van der Waals surface area contributed by atoms with Gasteiger partial charge < -0.3 is 11.1 Å². The van der Waals surface area contributed by atoms with E-state index >= 15 is 0 Å². The predicted octanol–water partition coefficient (Wildman–Crippen LogP) is 2.43. The molecule has 0 unspecified atom stereocenters. The van der Waals surface area contributed by atoms with E-state index in [4.69, 9.17) is 12.2 Å². The van der Waals surface area contributed by atoms with Crippen molar-refractivity contribution >= 4 is 11.6 Å². The van der Waals surface area contributed by atoms with Gasteiger partial charge in [0.25, 0.3) is 5.91 Å². The molecule has 6 heteroatoms. The molecule has 19 heavy (non-hydrogen) atoms. The van der Waals surface area contributed by atoms with Crippen LogP contribution in [0.2, 0.25) is 0 Å². The molecular weight excluding hydrogens is 257 g/mol. The topological polar surface area (TPSA) is 55.1 Å². The Morgan fingerprint density at radius 3 is 2.42 bits per heavy atom. The molecule has 1 amide bonds. The van der Waals surface area contributed by atoms with Crippen molar-refractivity contribution in [2.75, 3.05) is 5.73 Å². The first-order valence-corrected chi connectivity index (χ1v) is 5.34. The number of nitrogens with two attached hydrogens (primary N) is 1. The summed E-state index contributed by atoms with van der Waals surface area (Å²) in [5.41, 5.74) is 3.31. The van der Waals surface area contributed by atoms with Gasteiger partial charge >= 0.3 is 6.18 Å². The molecule has 0 aliphatic carbocycles. The van der Waals surface area contributed by atoms with Crippen LogP contribution in [-0.4, -0.2) is 11.4 Å². The van der Waals surface area contributed by atoms with E-state index in [0.717, 1.165) is 12.1 Å². The number of carbonyl (C=O) groups is 1. The zero-order valence-electron chi connectivity index (χ0n) is 10.4. The summed E-state index contributed by atoms with van der Waals surface area (Å²) in [7, 11) is 0. The van der Waals surface area contributed by atoms with Gasteiger partial charge in [-0.3, -0.25) is 4.79 Å². The third-order valence-electron chi connectivity index (χ3n) is 2.41. The summed E-state index contributed by atoms with van der Waals surface area (Å²) in [5, 5.41) is 2.42. The van der Waals surface area contributed by atoms with Gasteiger partial charge in [0.05, 0.1) is 16.7 Å². The lowest BCUT2D eigenvalue weighted by Crippen LogP contribution is -2.42. The Morgan fingerprint density at radius 2 is 1.95 bits per heavy atom. The quantitative estimate of drug-likeness (QED) is 0.640. The second kappa shape index (κ2) is 4.84. The van der Waals surface area contributed by atoms with Crippen LogP contribution in [0.1, 0.15) is 29.8 Å². The van der Waals surface area contributed by atoms with E-state index < -0.39 is 23.2 Å². The van der Waals surface area contributed by atoms with Crippen LogP contribution < -0.4 is 11.1 Å². The minimum absolute atomic E-state index is 0.0432. The summed E-state index contributed by atoms with van der Waals surface area (Å²) < 4.78 is 37.7. The maximum absolute atomic E-state index is 12.6. The number of halogens is 3. The lowest BCUT2D eigenvalue weighted by Gasteiger charge is -2.20. The van der Waals surface area contributed by atoms with Crippen LogP contribution in [0.15, 0.2) is 18.2 Å². The van der Waals surface area contributed by atoms with Crippen molar-refractivity contribution in [3.05, 3.63) is 29.3 Å². The third kappa shape index (κ3) is 3.65. The molecule has 0 heterocycles. The van der Waals surface area contributed by atoms with Crippen LogP contribution in [0.4, 0.5) is 18.9 Å². The predicted molar refractivity (Wildman–Crippen MR) is 66.2 cm³/mol. The molecule has 0 aliphatic rings. The lowest BCUT2D eigenvalue weighted by atomic mass is 10.0. The number of alkyl halides is 3. The molecule has 0 fully saturated rings. The molecule has 1 aromatic carbocycles. The summed E-state index contributed by atoms with van der Waals surface area (Å²) in [5.74, 6) is 1.57. The summed E-state index contributed by atoms with van der Waals surface area (Å²) >= 11 is 0. The van der Waals surface area contributed by atoms with Crippen LogP contribution >= 0.6 is 0 Å². The van der Waals surface area contributed by atoms with Gasteiger partial charge in [-0.05, 0) is 32.0 Å². The fourth-order valence-corrected chi connectivity index (χ4v) is 1.32. The third-order valence-corrected chi connectivity index (χ3v) is 2.41. The molecule has 0 spiro atoms. The molecule has 3 N–H and O–H groups in total. The number of carbonyl (C=O) groups excluding carboxylic acids is 1. The number of benzene rings is 1. The van der Waals surface area contributed by atoms with Crippen LogP contribution in [0.25, 0.3) is 0 Å². The number of anilines is 1. The van der Waals surface area contributed by atoms with Crippen molar-refractivity contribution in [3.8, 4) is 12.3 Å². The summed E-state index contributed by atoms with van der Waals surface area (Å²) in [4.78, 5) is 11.9. The average Bonchev–Trinajstić information content (AvgIpc) is 2.27. The van der Waals surface area contributed by atoms with Gasteiger partial charge in [-0.2, -0.15) is 13.2 Å². The molecule has 1 rings (SSSR count). The lowest BCUT2D eigenvalue weighted by molar-refractivity contribution is -0.137. The van der Waals surface area contributed by atoms with Crippen molar-refractivity contribution in [2.45, 2.75) is 25.6 Å². The molecule has 0 saturated heterocycles. The Labute approximate surface area is 109 Å². The van der Waals surface area contributed by atoms with E-state index in [-0.39, 0.29) is 11.3 Å². The summed E-state index contributed by atoms with van der Waals surface area (Å²) in [6, 6.07) is 2.57. The van der Waals surface area contributed by atoms with E-state index in [2.05, 4.69) is 11.2 Å². The van der Waals surface area contributed by atoms with E-state index in [9.17, 15) is 18.0 Å². The van der Waals surface area contributed by atoms with Crippen molar-refractivity contribution in [2.24, 2.45) is 0 Å². The van der Waals surface area contributed by atoms with E-state index in [1.54, 1.807) is 13.8 Å². The number of nitrogens with one attached hydrogen (secondary N) is 1. The number of terminal acetylenes is 1. The van der Waals surface area contributed by atoms with Crippen LogP contribution in [0.3, 0.4) is 0 Å². The number of rotatable bonds is 2. The van der Waals surface area contributed by atoms with Crippen molar-refractivity contribution in [1.82, 2.24) is 5.32 Å². The molecule has 0 bridgehead atoms. The van der Waals surface area contributed by atoms with Gasteiger partial charge in [0.2, 0.25) is 0 Å². The summed E-state index contributed by atoms with van der Waals surface area (Å²) in [6.07, 6.45) is 0.657.